The molecule has 2 aromatic carbocycles. The second-order valence-corrected chi connectivity index (χ2v) is 14.8. The van der Waals surface area contributed by atoms with Crippen molar-refractivity contribution in [2.24, 2.45) is 0 Å². The summed E-state index contributed by atoms with van der Waals surface area (Å²) in [5, 5.41) is 12.8. The van der Waals surface area contributed by atoms with Crippen LogP contribution >= 0.6 is 11.6 Å². The van der Waals surface area contributed by atoms with Crippen LogP contribution in [-0.4, -0.2) is 43.7 Å². The van der Waals surface area contributed by atoms with E-state index in [1.165, 1.54) is 10.4 Å². The van der Waals surface area contributed by atoms with Crippen molar-refractivity contribution in [3.05, 3.63) is 72.8 Å². The monoisotopic (exact) mass is 486 g/mol. The molecular weight excluding hydrogens is 448 g/mol. The summed E-state index contributed by atoms with van der Waals surface area (Å²) in [7, 11) is -2.59. The minimum atomic E-state index is -2.59. The predicted molar refractivity (Wildman–Crippen MR) is 141 cm³/mol. The zero-order valence-corrected chi connectivity index (χ0v) is 22.2. The molecule has 0 aromatic heterocycles. The van der Waals surface area contributed by atoms with Crippen molar-refractivity contribution in [3.63, 3.8) is 0 Å². The maximum absolute atomic E-state index is 10.5. The third-order valence-electron chi connectivity index (χ3n) is 6.63. The predicted octanol–water partition coefficient (Wildman–Crippen LogP) is 5.44. The topological polar surface area (TPSA) is 38.7 Å². The van der Waals surface area contributed by atoms with E-state index in [0.717, 1.165) is 12.8 Å². The van der Waals surface area contributed by atoms with Crippen molar-refractivity contribution < 1.29 is 14.3 Å². The van der Waals surface area contributed by atoms with Crippen LogP contribution in [0.5, 0.6) is 0 Å². The summed E-state index contributed by atoms with van der Waals surface area (Å²) in [6.45, 7) is 9.46. The molecule has 5 heteroatoms. The Bertz CT molecular complexity index is 826. The summed E-state index contributed by atoms with van der Waals surface area (Å²) in [4.78, 5) is 0. The second kappa shape index (κ2) is 11.8. The zero-order chi connectivity index (χ0) is 23.9. The first-order valence-electron chi connectivity index (χ1n) is 12.2. The smallest absolute Gasteiger partial charge is 0.261 e. The number of rotatable bonds is 7. The van der Waals surface area contributed by atoms with Gasteiger partial charge in [-0.05, 0) is 41.1 Å². The molecule has 0 aliphatic carbocycles. The zero-order valence-electron chi connectivity index (χ0n) is 20.4. The molecule has 180 valence electrons. The van der Waals surface area contributed by atoms with Crippen LogP contribution in [-0.2, 0) is 9.16 Å². The first-order valence-corrected chi connectivity index (χ1v) is 14.5. The van der Waals surface area contributed by atoms with E-state index in [2.05, 4.69) is 94.4 Å². The average molecular weight is 487 g/mol. The maximum atomic E-state index is 10.5. The molecule has 4 atom stereocenters. The van der Waals surface area contributed by atoms with Crippen LogP contribution in [0.2, 0.25) is 5.04 Å². The van der Waals surface area contributed by atoms with Crippen LogP contribution in [0.15, 0.2) is 72.8 Å². The SMILES string of the molecule is CC[C@@H]1O[C@@H](CCO[Si](c2ccccc2)(c2ccccc2)C(C)(C)C)[C@@H](Cl)C/C=C\C[C@H]1O. The van der Waals surface area contributed by atoms with E-state index >= 15 is 0 Å². The molecule has 0 radical (unpaired) electrons. The molecule has 1 aliphatic heterocycles. The maximum Gasteiger partial charge on any atom is 0.261 e. The summed E-state index contributed by atoms with van der Waals surface area (Å²) in [6, 6.07) is 21.4. The largest absolute Gasteiger partial charge is 0.407 e. The van der Waals surface area contributed by atoms with Crippen LogP contribution in [0.25, 0.3) is 0 Å². The Morgan fingerprint density at radius 2 is 1.48 bits per heavy atom. The molecule has 0 saturated heterocycles. The molecule has 0 bridgehead atoms. The third kappa shape index (κ3) is 6.17. The first-order chi connectivity index (χ1) is 15.8. The molecule has 0 spiro atoms. The minimum Gasteiger partial charge on any atom is -0.407 e. The molecule has 33 heavy (non-hydrogen) atoms. The number of hydrogen-bond donors (Lipinski definition) is 1. The summed E-state index contributed by atoms with van der Waals surface area (Å²) >= 11 is 6.77. The van der Waals surface area contributed by atoms with Gasteiger partial charge in [0.05, 0.1) is 23.7 Å². The molecule has 0 fully saturated rings. The highest BCUT2D eigenvalue weighted by atomic mass is 35.5. The number of allylic oxidation sites excluding steroid dienone is 1. The van der Waals surface area contributed by atoms with Crippen molar-refractivity contribution in [3.8, 4) is 0 Å². The van der Waals surface area contributed by atoms with Gasteiger partial charge in [0.15, 0.2) is 0 Å². The quantitative estimate of drug-likeness (QED) is 0.322. The van der Waals surface area contributed by atoms with E-state index in [1.54, 1.807) is 0 Å². The highest BCUT2D eigenvalue weighted by Crippen LogP contribution is 2.37. The summed E-state index contributed by atoms with van der Waals surface area (Å²) in [5.41, 5.74) is 0. The molecular formula is C28H39ClO3Si. The Balaban J connectivity index is 1.89. The number of benzene rings is 2. The fourth-order valence-electron chi connectivity index (χ4n) is 4.87. The Hall–Kier alpha value is -1.43. The van der Waals surface area contributed by atoms with Gasteiger partial charge in [-0.15, -0.1) is 11.6 Å². The summed E-state index contributed by atoms with van der Waals surface area (Å²) in [5.74, 6) is 0. The van der Waals surface area contributed by atoms with Crippen LogP contribution in [0.1, 0.15) is 53.4 Å². The van der Waals surface area contributed by atoms with Crippen molar-refractivity contribution in [2.45, 2.75) is 82.1 Å². The van der Waals surface area contributed by atoms with Crippen molar-refractivity contribution in [1.29, 1.82) is 0 Å². The van der Waals surface area contributed by atoms with E-state index in [4.69, 9.17) is 20.8 Å². The minimum absolute atomic E-state index is 0.0692. The number of halogens is 1. The summed E-state index contributed by atoms with van der Waals surface area (Å²) in [6.07, 6.45) is 5.97. The van der Waals surface area contributed by atoms with Gasteiger partial charge in [0, 0.05) is 6.61 Å². The fourth-order valence-corrected chi connectivity index (χ4v) is 9.74. The van der Waals surface area contributed by atoms with E-state index in [0.29, 0.717) is 19.4 Å². The Labute approximate surface area is 205 Å². The van der Waals surface area contributed by atoms with E-state index < -0.39 is 14.4 Å². The lowest BCUT2D eigenvalue weighted by Gasteiger charge is -2.43. The van der Waals surface area contributed by atoms with Crippen LogP contribution in [0.3, 0.4) is 0 Å². The Morgan fingerprint density at radius 3 is 2.00 bits per heavy atom. The van der Waals surface area contributed by atoms with Crippen LogP contribution in [0, 0.1) is 0 Å². The molecule has 1 N–H and O–H groups in total. The van der Waals surface area contributed by atoms with Gasteiger partial charge in [-0.25, -0.2) is 0 Å². The number of aliphatic hydroxyl groups excluding tert-OH is 1. The molecule has 3 nitrogen and oxygen atoms in total. The lowest BCUT2D eigenvalue weighted by molar-refractivity contribution is -0.0819. The van der Waals surface area contributed by atoms with Gasteiger partial charge in [-0.2, -0.15) is 0 Å². The molecule has 0 unspecified atom stereocenters. The van der Waals surface area contributed by atoms with Crippen LogP contribution < -0.4 is 10.4 Å². The number of hydrogen-bond acceptors (Lipinski definition) is 3. The lowest BCUT2D eigenvalue weighted by Crippen LogP contribution is -2.66. The van der Waals surface area contributed by atoms with Crippen LogP contribution in [0.4, 0.5) is 0 Å². The van der Waals surface area contributed by atoms with E-state index in [9.17, 15) is 5.11 Å². The van der Waals surface area contributed by atoms with Gasteiger partial charge >= 0.3 is 0 Å². The number of alkyl halides is 1. The summed E-state index contributed by atoms with van der Waals surface area (Å²) < 4.78 is 13.4. The normalized spacial score (nSPS) is 25.6. The van der Waals surface area contributed by atoms with Gasteiger partial charge in [0.2, 0.25) is 0 Å². The molecule has 1 heterocycles. The fraction of sp³-hybridized carbons (Fsp3) is 0.500. The second-order valence-electron chi connectivity index (χ2n) is 9.95. The van der Waals surface area contributed by atoms with E-state index in [-0.39, 0.29) is 22.6 Å². The van der Waals surface area contributed by atoms with Crippen molar-refractivity contribution in [1.82, 2.24) is 0 Å². The van der Waals surface area contributed by atoms with Gasteiger partial charge < -0.3 is 14.3 Å². The molecule has 1 aliphatic rings. The van der Waals surface area contributed by atoms with Gasteiger partial charge in [0.1, 0.15) is 0 Å². The van der Waals surface area contributed by atoms with Gasteiger partial charge in [0.25, 0.3) is 8.32 Å². The standard InChI is InChI=1S/C28H39ClO3Si/c1-5-26-25(30)19-13-12-18-24(29)27(32-26)20-21-31-33(28(2,3)4,22-14-8-6-9-15-22)23-16-10-7-11-17-23/h6-17,24-27,30H,5,18-21H2,1-4H3/b13-12-/t24-,25+,26-,27-/m0/s1. The highest BCUT2D eigenvalue weighted by Gasteiger charge is 2.50. The molecule has 2 aromatic rings. The molecule has 3 rings (SSSR count). The Morgan fingerprint density at radius 1 is 0.939 bits per heavy atom. The first kappa shape index (κ1) is 26.2. The highest BCUT2D eigenvalue weighted by molar-refractivity contribution is 6.99. The number of ether oxygens (including phenoxy) is 1. The van der Waals surface area contributed by atoms with Gasteiger partial charge in [-0.3, -0.25) is 0 Å². The Kier molecular flexibility index (Phi) is 9.37. The average Bonchev–Trinajstić information content (AvgIpc) is 2.87. The van der Waals surface area contributed by atoms with E-state index in [1.807, 2.05) is 6.08 Å². The third-order valence-corrected chi connectivity index (χ3v) is 12.1. The number of aliphatic hydroxyl groups is 1. The van der Waals surface area contributed by atoms with Gasteiger partial charge in [-0.1, -0.05) is 101 Å². The molecule has 0 saturated carbocycles. The molecule has 0 amide bonds. The lowest BCUT2D eigenvalue weighted by atomic mass is 10.1. The van der Waals surface area contributed by atoms with Crippen molar-refractivity contribution >= 4 is 30.3 Å². The van der Waals surface area contributed by atoms with Crippen molar-refractivity contribution in [2.75, 3.05) is 6.61 Å².